The fourth-order valence-corrected chi connectivity index (χ4v) is 2.28. The van der Waals surface area contributed by atoms with Gasteiger partial charge in [0.05, 0.1) is 32.8 Å². The average Bonchev–Trinajstić information content (AvgIpc) is 2.42. The topological polar surface area (TPSA) is 9.23 Å². The Hall–Kier alpha value is -0.130. The number of ether oxygens (including phenoxy) is 1. The van der Waals surface area contributed by atoms with Crippen molar-refractivity contribution in [2.75, 3.05) is 32.8 Å². The molecule has 3 heteroatoms. The number of likely N-dealkylation sites (N-methyl/N-ethyl adjacent to an activating group) is 1. The van der Waals surface area contributed by atoms with Crippen LogP contribution >= 0.6 is 0 Å². The highest BCUT2D eigenvalue weighted by atomic mass is 127. The van der Waals surface area contributed by atoms with E-state index in [0.29, 0.717) is 0 Å². The maximum atomic E-state index is 5.80. The van der Waals surface area contributed by atoms with Crippen LogP contribution in [0, 0.1) is 6.92 Å². The lowest BCUT2D eigenvalue weighted by molar-refractivity contribution is -0.923. The van der Waals surface area contributed by atoms with Gasteiger partial charge in [-0.1, -0.05) is 29.8 Å². The number of halogens is 1. The number of aryl methyl sites for hydroxylation is 1. The Morgan fingerprint density at radius 3 is 1.95 bits per heavy atom. The van der Waals surface area contributed by atoms with Crippen molar-refractivity contribution in [3.05, 3.63) is 35.4 Å². The molecule has 2 nitrogen and oxygen atoms in total. The van der Waals surface area contributed by atoms with Crippen LogP contribution in [-0.4, -0.2) is 37.3 Å². The summed E-state index contributed by atoms with van der Waals surface area (Å²) in [7, 11) is 0. The van der Waals surface area contributed by atoms with Gasteiger partial charge in [-0.3, -0.25) is 0 Å². The summed E-state index contributed by atoms with van der Waals surface area (Å²) in [5.41, 5.74) is 2.57. The van der Waals surface area contributed by atoms with Gasteiger partial charge in [-0.15, -0.1) is 0 Å². The van der Waals surface area contributed by atoms with E-state index in [0.717, 1.165) is 24.2 Å². The van der Waals surface area contributed by atoms with Gasteiger partial charge in [-0.2, -0.15) is 0 Å². The van der Waals surface area contributed by atoms with Crippen LogP contribution in [0.4, 0.5) is 0 Å². The van der Waals surface area contributed by atoms with Crippen molar-refractivity contribution in [3.8, 4) is 0 Å². The molecule has 0 spiro atoms. The minimum absolute atomic E-state index is 0. The Kier molecular flexibility index (Phi) is 9.66. The van der Waals surface area contributed by atoms with Gasteiger partial charge in [0.1, 0.15) is 6.54 Å². The fourth-order valence-electron chi connectivity index (χ4n) is 2.28. The molecule has 0 bridgehead atoms. The second-order valence-corrected chi connectivity index (χ2v) is 5.05. The first-order valence-corrected chi connectivity index (χ1v) is 7.14. The smallest absolute Gasteiger partial charge is 0.102 e. The lowest BCUT2D eigenvalue weighted by atomic mass is 10.2. The Labute approximate surface area is 135 Å². The van der Waals surface area contributed by atoms with Gasteiger partial charge in [-0.25, -0.2) is 0 Å². The summed E-state index contributed by atoms with van der Waals surface area (Å²) in [6.07, 6.45) is 0. The predicted molar refractivity (Wildman–Crippen MR) is 77.6 cm³/mol. The molecule has 1 aromatic carbocycles. The summed E-state index contributed by atoms with van der Waals surface area (Å²) >= 11 is 0. The molecule has 0 fully saturated rings. The normalized spacial score (nSPS) is 11.2. The number of hydrogen-bond acceptors (Lipinski definition) is 1. The Bertz CT molecular complexity index is 325. The van der Waals surface area contributed by atoms with Gasteiger partial charge in [0, 0.05) is 0 Å². The summed E-state index contributed by atoms with van der Waals surface area (Å²) in [6.45, 7) is 15.2. The van der Waals surface area contributed by atoms with Gasteiger partial charge in [0.15, 0.2) is 0 Å². The highest BCUT2D eigenvalue weighted by Gasteiger charge is 2.19. The molecule has 0 radical (unpaired) electrons. The molecule has 0 aliphatic carbocycles. The number of benzene rings is 1. The summed E-state index contributed by atoms with van der Waals surface area (Å²) in [4.78, 5) is 0. The van der Waals surface area contributed by atoms with Crippen LogP contribution in [0.2, 0.25) is 0 Å². The van der Waals surface area contributed by atoms with Crippen molar-refractivity contribution in [1.29, 1.82) is 0 Å². The van der Waals surface area contributed by atoms with E-state index in [4.69, 9.17) is 4.74 Å². The van der Waals surface area contributed by atoms with Gasteiger partial charge >= 0.3 is 0 Å². The molecule has 0 saturated carbocycles. The molecule has 0 saturated heterocycles. The molecule has 0 amide bonds. The van der Waals surface area contributed by atoms with E-state index in [9.17, 15) is 0 Å². The first-order valence-electron chi connectivity index (χ1n) is 7.14. The lowest BCUT2D eigenvalue weighted by Crippen LogP contribution is -3.00. The van der Waals surface area contributed by atoms with E-state index < -0.39 is 0 Å². The maximum Gasteiger partial charge on any atom is 0.102 e. The van der Waals surface area contributed by atoms with Crippen LogP contribution in [-0.2, 0) is 11.3 Å². The maximum absolute atomic E-state index is 5.80. The van der Waals surface area contributed by atoms with Crippen molar-refractivity contribution in [3.63, 3.8) is 0 Å². The van der Waals surface area contributed by atoms with E-state index in [1.54, 1.807) is 0 Å². The van der Waals surface area contributed by atoms with E-state index in [-0.39, 0.29) is 24.0 Å². The third-order valence-corrected chi connectivity index (χ3v) is 4.11. The Balaban J connectivity index is 0.00000324. The van der Waals surface area contributed by atoms with Gasteiger partial charge in [0.2, 0.25) is 0 Å². The number of hydrogen-bond donors (Lipinski definition) is 0. The van der Waals surface area contributed by atoms with E-state index in [1.807, 2.05) is 0 Å². The van der Waals surface area contributed by atoms with Gasteiger partial charge in [-0.05, 0) is 33.3 Å². The van der Waals surface area contributed by atoms with Crippen LogP contribution in [0.3, 0.4) is 0 Å². The van der Waals surface area contributed by atoms with Crippen molar-refractivity contribution in [2.24, 2.45) is 0 Å². The molecule has 0 aromatic heterocycles. The third-order valence-electron chi connectivity index (χ3n) is 4.11. The van der Waals surface area contributed by atoms with Crippen LogP contribution in [0.25, 0.3) is 0 Å². The zero-order chi connectivity index (χ0) is 13.4. The Morgan fingerprint density at radius 2 is 1.47 bits per heavy atom. The molecular weight excluding hydrogens is 349 g/mol. The predicted octanol–water partition coefficient (Wildman–Crippen LogP) is 0.392. The molecule has 19 heavy (non-hydrogen) atoms. The van der Waals surface area contributed by atoms with Crippen LogP contribution < -0.4 is 24.0 Å². The standard InChI is InChI=1S/C16H28NO.HI/c1-5-17(6-2,7-3)12-13-18-14-16-10-8-15(4)9-11-16;/h8-11H,5-7,12-14H2,1-4H3;1H/q+1;/p-1. The molecule has 0 unspecified atom stereocenters. The lowest BCUT2D eigenvalue weighted by Gasteiger charge is -2.35. The largest absolute Gasteiger partial charge is 1.00 e. The quantitative estimate of drug-likeness (QED) is 0.362. The molecule has 1 rings (SSSR count). The summed E-state index contributed by atoms with van der Waals surface area (Å²) < 4.78 is 6.97. The highest BCUT2D eigenvalue weighted by Crippen LogP contribution is 2.07. The SMILES string of the molecule is CC[N+](CC)(CC)CCOCc1ccc(C)cc1.[I-]. The zero-order valence-electron chi connectivity index (χ0n) is 12.8. The first-order chi connectivity index (χ1) is 8.65. The minimum atomic E-state index is 0. The third kappa shape index (κ3) is 6.23. The molecule has 0 heterocycles. The molecule has 1 aromatic rings. The molecule has 0 aliphatic rings. The van der Waals surface area contributed by atoms with Crippen LogP contribution in [0.1, 0.15) is 31.9 Å². The second kappa shape index (κ2) is 9.72. The first kappa shape index (κ1) is 18.9. The van der Waals surface area contributed by atoms with Gasteiger partial charge < -0.3 is 33.2 Å². The molecule has 0 N–H and O–H groups in total. The minimum Gasteiger partial charge on any atom is -1.00 e. The average molecular weight is 377 g/mol. The number of quaternary nitrogens is 1. The van der Waals surface area contributed by atoms with Crippen molar-refractivity contribution in [2.45, 2.75) is 34.3 Å². The summed E-state index contributed by atoms with van der Waals surface area (Å²) in [6, 6.07) is 8.58. The van der Waals surface area contributed by atoms with Gasteiger partial charge in [0.25, 0.3) is 0 Å². The van der Waals surface area contributed by atoms with E-state index in [2.05, 4.69) is 52.0 Å². The molecule has 0 aliphatic heterocycles. The number of nitrogens with zero attached hydrogens (tertiary/aromatic N) is 1. The fraction of sp³-hybridized carbons (Fsp3) is 0.625. The zero-order valence-corrected chi connectivity index (χ0v) is 14.9. The van der Waals surface area contributed by atoms with Crippen molar-refractivity contribution < 1.29 is 33.2 Å². The van der Waals surface area contributed by atoms with E-state index >= 15 is 0 Å². The molecule has 110 valence electrons. The van der Waals surface area contributed by atoms with Crippen LogP contribution in [0.5, 0.6) is 0 Å². The highest BCUT2D eigenvalue weighted by molar-refractivity contribution is 5.20. The van der Waals surface area contributed by atoms with E-state index in [1.165, 1.54) is 30.8 Å². The summed E-state index contributed by atoms with van der Waals surface area (Å²) in [5, 5.41) is 0. The molecular formula is C16H28INO. The number of rotatable bonds is 8. The second-order valence-electron chi connectivity index (χ2n) is 5.05. The van der Waals surface area contributed by atoms with Crippen LogP contribution in [0.15, 0.2) is 24.3 Å². The van der Waals surface area contributed by atoms with Crippen molar-refractivity contribution in [1.82, 2.24) is 0 Å². The Morgan fingerprint density at radius 1 is 0.947 bits per heavy atom. The monoisotopic (exact) mass is 377 g/mol. The molecule has 0 atom stereocenters. The van der Waals surface area contributed by atoms with Crippen molar-refractivity contribution >= 4 is 0 Å². The summed E-state index contributed by atoms with van der Waals surface area (Å²) in [5.74, 6) is 0.